The Balaban J connectivity index is 4.18. The molecule has 0 aromatic heterocycles. The van der Waals surface area contributed by atoms with Crippen LogP contribution < -0.4 is 9.83 Å². The van der Waals surface area contributed by atoms with Crippen molar-refractivity contribution in [1.82, 2.24) is 9.03 Å². The van der Waals surface area contributed by atoms with Gasteiger partial charge in [-0.2, -0.15) is 17.4 Å². The van der Waals surface area contributed by atoms with Crippen molar-refractivity contribution in [3.8, 4) is 0 Å². The van der Waals surface area contributed by atoms with E-state index in [0.29, 0.717) is 17.6 Å². The van der Waals surface area contributed by atoms with Crippen LogP contribution in [-0.4, -0.2) is 70.5 Å². The van der Waals surface area contributed by atoms with Gasteiger partial charge in [-0.05, 0) is 6.42 Å². The molecule has 0 aliphatic carbocycles. The molecule has 168 valence electrons. The molecule has 0 aromatic rings. The van der Waals surface area contributed by atoms with Crippen molar-refractivity contribution in [3.63, 3.8) is 0 Å². The van der Waals surface area contributed by atoms with Crippen LogP contribution in [0.5, 0.6) is 0 Å². The zero-order chi connectivity index (χ0) is 21.6. The van der Waals surface area contributed by atoms with Gasteiger partial charge in [-0.1, -0.05) is 64.7 Å². The average Bonchev–Trinajstić information content (AvgIpc) is 2.53. The van der Waals surface area contributed by atoms with Crippen molar-refractivity contribution in [1.29, 1.82) is 0 Å². The van der Waals surface area contributed by atoms with Gasteiger partial charge in [0.1, 0.15) is 0 Å². The SMILES string of the molecule is CCCCCCCCCCCCN(C)S(=O)(=O)N[C@H](CC(=O)[O-])C[N+](C)(C)C. The van der Waals surface area contributed by atoms with Crippen LogP contribution in [0.15, 0.2) is 0 Å². The molecule has 0 aliphatic rings. The molecule has 0 aliphatic heterocycles. The van der Waals surface area contributed by atoms with Gasteiger partial charge in [0.2, 0.25) is 0 Å². The number of quaternary nitrogens is 1. The minimum absolute atomic E-state index is 0.332. The number of carbonyl (C=O) groups is 1. The maximum Gasteiger partial charge on any atom is 0.279 e. The Kier molecular flexibility index (Phi) is 14.0. The summed E-state index contributed by atoms with van der Waals surface area (Å²) in [5.41, 5.74) is 0. The predicted molar refractivity (Wildman–Crippen MR) is 113 cm³/mol. The topological polar surface area (TPSA) is 89.5 Å². The quantitative estimate of drug-likeness (QED) is 0.270. The highest BCUT2D eigenvalue weighted by molar-refractivity contribution is 7.87. The zero-order valence-electron chi connectivity index (χ0n) is 18.7. The van der Waals surface area contributed by atoms with Crippen molar-refractivity contribution in [2.24, 2.45) is 0 Å². The van der Waals surface area contributed by atoms with Gasteiger partial charge in [0.05, 0.1) is 33.7 Å². The maximum absolute atomic E-state index is 12.5. The molecular formula is C20H43N3O4S. The molecule has 1 N–H and O–H groups in total. The van der Waals surface area contributed by atoms with E-state index in [9.17, 15) is 18.3 Å². The normalized spacial score (nSPS) is 13.8. The summed E-state index contributed by atoms with van der Waals surface area (Å²) in [7, 11) is 3.51. The molecule has 0 aromatic carbocycles. The number of nitrogens with one attached hydrogen (secondary N) is 1. The van der Waals surface area contributed by atoms with Crippen molar-refractivity contribution in [2.45, 2.75) is 83.6 Å². The first kappa shape index (κ1) is 27.3. The van der Waals surface area contributed by atoms with Crippen LogP contribution in [0.25, 0.3) is 0 Å². The monoisotopic (exact) mass is 421 g/mol. The number of hydrogen-bond acceptors (Lipinski definition) is 4. The lowest BCUT2D eigenvalue weighted by atomic mass is 10.1. The first-order valence-electron chi connectivity index (χ1n) is 10.7. The van der Waals surface area contributed by atoms with Gasteiger partial charge in [0.25, 0.3) is 10.2 Å². The molecule has 28 heavy (non-hydrogen) atoms. The van der Waals surface area contributed by atoms with Gasteiger partial charge in [-0.25, -0.2) is 0 Å². The third-order valence-corrected chi connectivity index (χ3v) is 6.37. The zero-order valence-corrected chi connectivity index (χ0v) is 19.5. The van der Waals surface area contributed by atoms with Crippen molar-refractivity contribution in [2.75, 3.05) is 41.3 Å². The number of nitrogens with zero attached hydrogens (tertiary/aromatic N) is 2. The largest absolute Gasteiger partial charge is 0.550 e. The fourth-order valence-corrected chi connectivity index (χ4v) is 4.38. The fourth-order valence-electron chi connectivity index (χ4n) is 3.25. The molecule has 0 radical (unpaired) electrons. The summed E-state index contributed by atoms with van der Waals surface area (Å²) in [6.45, 7) is 3.04. The smallest absolute Gasteiger partial charge is 0.279 e. The Hall–Kier alpha value is -0.700. The van der Waals surface area contributed by atoms with Crippen LogP contribution in [0.2, 0.25) is 0 Å². The van der Waals surface area contributed by atoms with E-state index < -0.39 is 22.2 Å². The number of hydrogen-bond donors (Lipinski definition) is 1. The number of aliphatic carboxylic acids is 1. The predicted octanol–water partition coefficient (Wildman–Crippen LogP) is 1.89. The Morgan fingerprint density at radius 3 is 1.86 bits per heavy atom. The maximum atomic E-state index is 12.5. The van der Waals surface area contributed by atoms with E-state index in [1.165, 1.54) is 56.3 Å². The molecule has 0 saturated heterocycles. The van der Waals surface area contributed by atoms with E-state index in [1.807, 2.05) is 21.1 Å². The molecule has 7 nitrogen and oxygen atoms in total. The number of carbonyl (C=O) groups excluding carboxylic acids is 1. The molecule has 1 atom stereocenters. The van der Waals surface area contributed by atoms with Crippen LogP contribution >= 0.6 is 0 Å². The highest BCUT2D eigenvalue weighted by Gasteiger charge is 2.26. The van der Waals surface area contributed by atoms with E-state index in [4.69, 9.17) is 0 Å². The average molecular weight is 422 g/mol. The molecule has 0 fully saturated rings. The summed E-state index contributed by atoms with van der Waals surface area (Å²) in [6, 6.07) is -0.690. The Morgan fingerprint density at radius 2 is 1.43 bits per heavy atom. The van der Waals surface area contributed by atoms with Crippen LogP contribution in [0, 0.1) is 0 Å². The molecule has 0 spiro atoms. The fraction of sp³-hybridized carbons (Fsp3) is 0.950. The number of carboxylic acids is 1. The van der Waals surface area contributed by atoms with E-state index in [1.54, 1.807) is 0 Å². The third kappa shape index (κ3) is 15.2. The molecular weight excluding hydrogens is 378 g/mol. The summed E-state index contributed by atoms with van der Waals surface area (Å²) < 4.78 is 29.3. The van der Waals surface area contributed by atoms with Crippen LogP contribution in [0.1, 0.15) is 77.6 Å². The molecule has 0 amide bonds. The lowest BCUT2D eigenvalue weighted by Gasteiger charge is -2.31. The van der Waals surface area contributed by atoms with Gasteiger partial charge in [0, 0.05) is 26.0 Å². The summed E-state index contributed by atoms with van der Waals surface area (Å²) in [5, 5.41) is 11.0. The van der Waals surface area contributed by atoms with Crippen molar-refractivity contribution >= 4 is 16.2 Å². The Bertz CT molecular complexity index is 518. The molecule has 0 saturated carbocycles. The number of unbranched alkanes of at least 4 members (excludes halogenated alkanes) is 9. The van der Waals surface area contributed by atoms with Gasteiger partial charge in [-0.3, -0.25) is 0 Å². The van der Waals surface area contributed by atoms with Gasteiger partial charge < -0.3 is 14.4 Å². The van der Waals surface area contributed by atoms with Crippen molar-refractivity contribution in [3.05, 3.63) is 0 Å². The first-order chi connectivity index (χ1) is 13.0. The summed E-state index contributed by atoms with van der Waals surface area (Å²) in [5.74, 6) is -1.25. The standard InChI is InChI=1S/C20H43N3O4S/c1-6-7-8-9-10-11-12-13-14-15-16-22(2)28(26,27)21-19(17-20(24)25)18-23(3,4)5/h19,21H,6-18H2,1-5H3/t19-/m1/s1. The number of carboxylic acid groups (broad SMARTS) is 1. The van der Waals surface area contributed by atoms with E-state index in [0.717, 1.165) is 19.3 Å². The van der Waals surface area contributed by atoms with Gasteiger partial charge >= 0.3 is 0 Å². The van der Waals surface area contributed by atoms with Crippen LogP contribution in [-0.2, 0) is 15.0 Å². The number of likely N-dealkylation sites (N-methyl/N-ethyl adjacent to an activating group) is 1. The molecule has 8 heteroatoms. The van der Waals surface area contributed by atoms with E-state index in [-0.39, 0.29) is 6.42 Å². The molecule has 0 rings (SSSR count). The highest BCUT2D eigenvalue weighted by atomic mass is 32.2. The molecule has 0 heterocycles. The summed E-state index contributed by atoms with van der Waals surface area (Å²) in [4.78, 5) is 11.0. The van der Waals surface area contributed by atoms with E-state index >= 15 is 0 Å². The Labute approximate surface area is 173 Å². The second-order valence-electron chi connectivity index (χ2n) is 8.87. The second-order valence-corrected chi connectivity index (χ2v) is 10.7. The minimum Gasteiger partial charge on any atom is -0.550 e. The minimum atomic E-state index is -3.71. The number of rotatable bonds is 18. The van der Waals surface area contributed by atoms with Gasteiger partial charge in [0.15, 0.2) is 0 Å². The van der Waals surface area contributed by atoms with E-state index in [2.05, 4.69) is 11.6 Å². The Morgan fingerprint density at radius 1 is 0.964 bits per heavy atom. The molecule has 0 bridgehead atoms. The third-order valence-electron chi connectivity index (χ3n) is 4.73. The van der Waals surface area contributed by atoms with Crippen LogP contribution in [0.3, 0.4) is 0 Å². The lowest BCUT2D eigenvalue weighted by Crippen LogP contribution is -2.53. The second kappa shape index (κ2) is 14.3. The van der Waals surface area contributed by atoms with Crippen molar-refractivity contribution < 1.29 is 22.8 Å². The highest BCUT2D eigenvalue weighted by Crippen LogP contribution is 2.11. The summed E-state index contributed by atoms with van der Waals surface area (Å²) in [6.07, 6.45) is 11.6. The first-order valence-corrected chi connectivity index (χ1v) is 12.2. The van der Waals surface area contributed by atoms with Crippen LogP contribution in [0.4, 0.5) is 0 Å². The van der Waals surface area contributed by atoms with Gasteiger partial charge in [-0.15, -0.1) is 0 Å². The summed E-state index contributed by atoms with van der Waals surface area (Å²) >= 11 is 0. The lowest BCUT2D eigenvalue weighted by molar-refractivity contribution is -0.871. The molecule has 0 unspecified atom stereocenters.